The van der Waals surface area contributed by atoms with E-state index < -0.39 is 0 Å². The number of fused-ring (bicyclic) bond motifs is 5. The average molecular weight is 681 g/mol. The zero-order valence-electron chi connectivity index (χ0n) is 28.4. The number of furan rings is 1. The second kappa shape index (κ2) is 12.1. The summed E-state index contributed by atoms with van der Waals surface area (Å²) < 4.78 is 21.8. The first-order chi connectivity index (χ1) is 24.8. The van der Waals surface area contributed by atoms with Crippen molar-refractivity contribution in [2.75, 3.05) is 0 Å². The van der Waals surface area contributed by atoms with Crippen LogP contribution in [0, 0.1) is 5.82 Å². The molecule has 0 aliphatic heterocycles. The van der Waals surface area contributed by atoms with E-state index in [9.17, 15) is 4.39 Å². The van der Waals surface area contributed by atoms with Gasteiger partial charge in [-0.05, 0) is 81.4 Å². The zero-order chi connectivity index (χ0) is 34.7. The molecule has 0 aliphatic carbocycles. The molecular formula is C46H33FN2OS. The largest absolute Gasteiger partial charge is 0.455 e. The van der Waals surface area contributed by atoms with E-state index in [0.29, 0.717) is 0 Å². The van der Waals surface area contributed by atoms with Crippen LogP contribution in [0.25, 0.3) is 75.8 Å². The van der Waals surface area contributed by atoms with Crippen LogP contribution in [0.2, 0.25) is 0 Å². The van der Waals surface area contributed by atoms with Gasteiger partial charge in [-0.3, -0.25) is 4.99 Å². The molecule has 2 heterocycles. The highest BCUT2D eigenvalue weighted by atomic mass is 32.1. The van der Waals surface area contributed by atoms with Gasteiger partial charge in [0, 0.05) is 39.2 Å². The van der Waals surface area contributed by atoms with Crippen molar-refractivity contribution in [1.29, 1.82) is 0 Å². The number of rotatable bonds is 5. The molecule has 0 fully saturated rings. The van der Waals surface area contributed by atoms with Crippen molar-refractivity contribution in [1.82, 2.24) is 4.98 Å². The van der Waals surface area contributed by atoms with E-state index in [1.807, 2.05) is 48.7 Å². The van der Waals surface area contributed by atoms with E-state index in [1.54, 1.807) is 11.3 Å². The first kappa shape index (κ1) is 31.1. The van der Waals surface area contributed by atoms with Gasteiger partial charge in [-0.1, -0.05) is 112 Å². The third-order valence-corrected chi connectivity index (χ3v) is 10.7. The van der Waals surface area contributed by atoms with Crippen molar-refractivity contribution in [3.05, 3.63) is 156 Å². The maximum Gasteiger partial charge on any atom is 0.143 e. The summed E-state index contributed by atoms with van der Waals surface area (Å²) in [6.45, 7) is 6.73. The Morgan fingerprint density at radius 2 is 1.41 bits per heavy atom. The lowest BCUT2D eigenvalue weighted by Gasteiger charge is -2.20. The van der Waals surface area contributed by atoms with Crippen LogP contribution in [0.1, 0.15) is 31.9 Å². The Morgan fingerprint density at radius 3 is 2.25 bits per heavy atom. The smallest absolute Gasteiger partial charge is 0.143 e. The van der Waals surface area contributed by atoms with Gasteiger partial charge < -0.3 is 4.42 Å². The van der Waals surface area contributed by atoms with Crippen molar-refractivity contribution in [2.24, 2.45) is 4.99 Å². The number of para-hydroxylation sites is 2. The molecule has 9 rings (SSSR count). The van der Waals surface area contributed by atoms with Crippen LogP contribution in [0.3, 0.4) is 0 Å². The fourth-order valence-corrected chi connectivity index (χ4v) is 8.03. The number of nitrogens with zero attached hydrogens (tertiary/aromatic N) is 2. The highest BCUT2D eigenvalue weighted by Gasteiger charge is 2.24. The molecule has 2 aromatic heterocycles. The van der Waals surface area contributed by atoms with Gasteiger partial charge in [0.25, 0.3) is 0 Å². The molecule has 0 saturated carbocycles. The molecule has 0 amide bonds. The van der Waals surface area contributed by atoms with E-state index in [2.05, 4.69) is 106 Å². The number of hydrogen-bond acceptors (Lipinski definition) is 4. The van der Waals surface area contributed by atoms with Crippen LogP contribution in [0.5, 0.6) is 0 Å². The van der Waals surface area contributed by atoms with Gasteiger partial charge in [-0.15, -0.1) is 11.3 Å². The highest BCUT2D eigenvalue weighted by molar-refractivity contribution is 7.21. The van der Waals surface area contributed by atoms with Crippen molar-refractivity contribution in [3.8, 4) is 32.8 Å². The fraction of sp³-hybridized carbons (Fsp3) is 0.0870. The van der Waals surface area contributed by atoms with E-state index >= 15 is 0 Å². The molecule has 0 radical (unpaired) electrons. The molecule has 0 atom stereocenters. The predicted molar refractivity (Wildman–Crippen MR) is 213 cm³/mol. The van der Waals surface area contributed by atoms with Crippen LogP contribution in [-0.4, -0.2) is 11.2 Å². The first-order valence-corrected chi connectivity index (χ1v) is 17.9. The Hall–Kier alpha value is -5.91. The quantitative estimate of drug-likeness (QED) is 0.170. The Morgan fingerprint density at radius 1 is 0.686 bits per heavy atom. The number of benzene rings is 7. The number of aliphatic imine (C=N–C) groups is 1. The number of thiazole rings is 1. The van der Waals surface area contributed by atoms with Gasteiger partial charge in [0.1, 0.15) is 22.0 Å². The third-order valence-electron chi connectivity index (χ3n) is 9.63. The Bertz CT molecular complexity index is 2800. The van der Waals surface area contributed by atoms with Crippen LogP contribution in [-0.2, 0) is 5.41 Å². The molecule has 9 aromatic rings. The maximum atomic E-state index is 14.0. The first-order valence-electron chi connectivity index (χ1n) is 17.1. The van der Waals surface area contributed by atoms with Gasteiger partial charge >= 0.3 is 0 Å². The minimum atomic E-state index is -0.259. The summed E-state index contributed by atoms with van der Waals surface area (Å²) in [5, 5.41) is 5.29. The van der Waals surface area contributed by atoms with E-state index in [4.69, 9.17) is 14.4 Å². The van der Waals surface area contributed by atoms with E-state index in [0.717, 1.165) is 76.2 Å². The molecule has 0 saturated heterocycles. The summed E-state index contributed by atoms with van der Waals surface area (Å²) in [5.74, 6) is -0.259. The second-order valence-corrected chi connectivity index (χ2v) is 15.0. The minimum absolute atomic E-state index is 0.102. The van der Waals surface area contributed by atoms with Gasteiger partial charge in [0.05, 0.1) is 15.9 Å². The van der Waals surface area contributed by atoms with Crippen LogP contribution >= 0.6 is 11.3 Å². The van der Waals surface area contributed by atoms with Crippen molar-refractivity contribution < 1.29 is 8.81 Å². The molecule has 0 spiro atoms. The SMILES string of the molecule is CC(C)(C)c1cc(-c2ccc(-c3ccc(F)cc3)c3c2oc2ccccc23)c2nc(-c3ccccc3N=Cc3cccc4ccccc34)sc2c1. The summed E-state index contributed by atoms with van der Waals surface area (Å²) in [6.07, 6.45) is 1.96. The molecule has 7 aromatic carbocycles. The molecule has 0 N–H and O–H groups in total. The Kier molecular flexibility index (Phi) is 7.41. The van der Waals surface area contributed by atoms with Crippen molar-refractivity contribution >= 4 is 66.2 Å². The number of aromatic nitrogens is 1. The summed E-state index contributed by atoms with van der Waals surface area (Å²) in [6, 6.07) is 46.5. The van der Waals surface area contributed by atoms with Gasteiger partial charge in [-0.25, -0.2) is 9.37 Å². The lowest BCUT2D eigenvalue weighted by molar-refractivity contribution is 0.591. The van der Waals surface area contributed by atoms with Crippen LogP contribution < -0.4 is 0 Å². The zero-order valence-corrected chi connectivity index (χ0v) is 29.3. The van der Waals surface area contributed by atoms with Crippen molar-refractivity contribution in [2.45, 2.75) is 26.2 Å². The van der Waals surface area contributed by atoms with E-state index in [1.165, 1.54) is 28.5 Å². The summed E-state index contributed by atoms with van der Waals surface area (Å²) in [5.41, 5.74) is 10.5. The van der Waals surface area contributed by atoms with Gasteiger partial charge in [-0.2, -0.15) is 0 Å². The Balaban J connectivity index is 1.24. The number of halogens is 1. The topological polar surface area (TPSA) is 38.4 Å². The molecule has 0 unspecified atom stereocenters. The average Bonchev–Trinajstić information content (AvgIpc) is 3.76. The number of hydrogen-bond donors (Lipinski definition) is 0. The molecule has 3 nitrogen and oxygen atoms in total. The van der Waals surface area contributed by atoms with Gasteiger partial charge in [0.2, 0.25) is 0 Å². The van der Waals surface area contributed by atoms with Crippen LogP contribution in [0.15, 0.2) is 149 Å². The normalized spacial score (nSPS) is 12.2. The summed E-state index contributed by atoms with van der Waals surface area (Å²) in [4.78, 5) is 10.4. The molecule has 246 valence electrons. The molecule has 0 aliphatic rings. The third kappa shape index (κ3) is 5.51. The lowest BCUT2D eigenvalue weighted by atomic mass is 9.84. The molecular weight excluding hydrogens is 648 g/mol. The van der Waals surface area contributed by atoms with Crippen molar-refractivity contribution in [3.63, 3.8) is 0 Å². The minimum Gasteiger partial charge on any atom is -0.455 e. The highest BCUT2D eigenvalue weighted by Crippen LogP contribution is 2.46. The Labute approximate surface area is 299 Å². The monoisotopic (exact) mass is 680 g/mol. The maximum absolute atomic E-state index is 14.0. The molecule has 51 heavy (non-hydrogen) atoms. The van der Waals surface area contributed by atoms with E-state index in [-0.39, 0.29) is 11.2 Å². The summed E-state index contributed by atoms with van der Waals surface area (Å²) >= 11 is 1.69. The molecule has 0 bridgehead atoms. The lowest BCUT2D eigenvalue weighted by Crippen LogP contribution is -2.11. The predicted octanol–water partition coefficient (Wildman–Crippen LogP) is 13.5. The summed E-state index contributed by atoms with van der Waals surface area (Å²) in [7, 11) is 0. The molecule has 5 heteroatoms. The van der Waals surface area contributed by atoms with Gasteiger partial charge in [0.15, 0.2) is 0 Å². The fourth-order valence-electron chi connectivity index (χ4n) is 6.96. The van der Waals surface area contributed by atoms with Crippen LogP contribution in [0.4, 0.5) is 10.1 Å². The standard InChI is InChI=1S/C46H33FN2OS/c1-46(2,3)31-25-38(35-24-23-34(29-19-21-32(47)22-20-29)42-37-16-7-9-18-40(37)50-44(35)42)43-41(26-31)51-45(49-43)36-15-6-8-17-39(36)48-27-30-13-10-12-28-11-4-5-14-33(28)30/h4-27H,1-3H3. The second-order valence-electron chi connectivity index (χ2n) is 14.0.